The standard InChI is InChI=1S/C19H17NO3S/c21-18(20-11-6-12-24-15-8-2-1-3-9-15)16-13-14-7-4-5-10-17(14)23-19(16)22/h1-5,7-10,13H,6,11-12H2,(H,20,21). The fourth-order valence-electron chi connectivity index (χ4n) is 2.30. The van der Waals surface area contributed by atoms with E-state index in [1.807, 2.05) is 30.3 Å². The van der Waals surface area contributed by atoms with Gasteiger partial charge < -0.3 is 9.73 Å². The Kier molecular flexibility index (Phi) is 5.33. The van der Waals surface area contributed by atoms with Gasteiger partial charge >= 0.3 is 5.63 Å². The van der Waals surface area contributed by atoms with E-state index in [1.54, 1.807) is 30.0 Å². The Bertz CT molecular complexity index is 890. The van der Waals surface area contributed by atoms with Gasteiger partial charge in [0.25, 0.3) is 5.91 Å². The van der Waals surface area contributed by atoms with Crippen molar-refractivity contribution in [3.8, 4) is 0 Å². The molecular weight excluding hydrogens is 322 g/mol. The average molecular weight is 339 g/mol. The van der Waals surface area contributed by atoms with Crippen LogP contribution in [0.5, 0.6) is 0 Å². The zero-order valence-electron chi connectivity index (χ0n) is 13.0. The molecule has 3 aromatic rings. The molecule has 0 spiro atoms. The van der Waals surface area contributed by atoms with Gasteiger partial charge in [0, 0.05) is 16.8 Å². The number of amides is 1. The molecule has 2 aromatic carbocycles. The highest BCUT2D eigenvalue weighted by Crippen LogP contribution is 2.17. The maximum absolute atomic E-state index is 12.2. The zero-order valence-corrected chi connectivity index (χ0v) is 13.8. The number of rotatable bonds is 6. The number of hydrogen-bond acceptors (Lipinski definition) is 4. The number of carbonyl (C=O) groups is 1. The summed E-state index contributed by atoms with van der Waals surface area (Å²) in [6.45, 7) is 0.519. The van der Waals surface area contributed by atoms with Gasteiger partial charge in [0.1, 0.15) is 11.1 Å². The number of fused-ring (bicyclic) bond motifs is 1. The Morgan fingerprint density at radius 3 is 2.62 bits per heavy atom. The minimum atomic E-state index is -0.607. The molecule has 0 atom stereocenters. The summed E-state index contributed by atoms with van der Waals surface area (Å²) < 4.78 is 5.18. The second-order valence-electron chi connectivity index (χ2n) is 5.26. The predicted octanol–water partition coefficient (Wildman–Crippen LogP) is 3.71. The molecule has 3 rings (SSSR count). The second-order valence-corrected chi connectivity index (χ2v) is 6.42. The molecule has 1 amide bonds. The summed E-state index contributed by atoms with van der Waals surface area (Å²) in [5.41, 5.74) is -0.0763. The lowest BCUT2D eigenvalue weighted by Gasteiger charge is -2.05. The van der Waals surface area contributed by atoms with Crippen molar-refractivity contribution in [2.75, 3.05) is 12.3 Å². The molecule has 1 heterocycles. The molecule has 122 valence electrons. The Labute approximate surface area is 143 Å². The van der Waals surface area contributed by atoms with E-state index in [1.165, 1.54) is 4.90 Å². The minimum Gasteiger partial charge on any atom is -0.422 e. The van der Waals surface area contributed by atoms with Gasteiger partial charge in [-0.2, -0.15) is 0 Å². The lowest BCUT2D eigenvalue weighted by molar-refractivity contribution is 0.0950. The summed E-state index contributed by atoms with van der Waals surface area (Å²) >= 11 is 1.74. The predicted molar refractivity (Wildman–Crippen MR) is 96.6 cm³/mol. The number of carbonyl (C=O) groups excluding carboxylic acids is 1. The molecule has 0 aliphatic carbocycles. The van der Waals surface area contributed by atoms with Crippen molar-refractivity contribution in [3.05, 3.63) is 76.6 Å². The first-order chi connectivity index (χ1) is 11.7. The maximum Gasteiger partial charge on any atom is 0.349 e. The minimum absolute atomic E-state index is 0.0458. The van der Waals surface area contributed by atoms with Gasteiger partial charge in [-0.3, -0.25) is 4.79 Å². The smallest absolute Gasteiger partial charge is 0.349 e. The molecule has 0 bridgehead atoms. The van der Waals surface area contributed by atoms with Gasteiger partial charge in [0.15, 0.2) is 0 Å². The summed E-state index contributed by atoms with van der Waals surface area (Å²) in [6.07, 6.45) is 0.824. The molecule has 0 aliphatic rings. The van der Waals surface area contributed by atoms with Crippen LogP contribution in [0.15, 0.2) is 74.8 Å². The first kappa shape index (κ1) is 16.3. The van der Waals surface area contributed by atoms with Crippen molar-refractivity contribution in [3.63, 3.8) is 0 Å². The van der Waals surface area contributed by atoms with E-state index in [0.717, 1.165) is 17.6 Å². The van der Waals surface area contributed by atoms with Crippen LogP contribution >= 0.6 is 11.8 Å². The highest BCUT2D eigenvalue weighted by atomic mass is 32.2. The third-order valence-corrected chi connectivity index (χ3v) is 4.60. The van der Waals surface area contributed by atoms with Gasteiger partial charge in [-0.25, -0.2) is 4.79 Å². The van der Waals surface area contributed by atoms with Crippen molar-refractivity contribution in [2.45, 2.75) is 11.3 Å². The Balaban J connectivity index is 1.53. The van der Waals surface area contributed by atoms with Gasteiger partial charge in [-0.05, 0) is 36.4 Å². The fraction of sp³-hybridized carbons (Fsp3) is 0.158. The lowest BCUT2D eigenvalue weighted by Crippen LogP contribution is -2.29. The van der Waals surface area contributed by atoms with Crippen LogP contribution < -0.4 is 10.9 Å². The van der Waals surface area contributed by atoms with E-state index in [-0.39, 0.29) is 11.5 Å². The number of para-hydroxylation sites is 1. The summed E-state index contributed by atoms with van der Waals surface area (Å²) in [6, 6.07) is 18.8. The van der Waals surface area contributed by atoms with Crippen molar-refractivity contribution >= 4 is 28.6 Å². The average Bonchev–Trinajstić information content (AvgIpc) is 2.61. The third kappa shape index (κ3) is 4.06. The van der Waals surface area contributed by atoms with Crippen LogP contribution in [-0.4, -0.2) is 18.2 Å². The molecule has 1 N–H and O–H groups in total. The number of benzene rings is 2. The topological polar surface area (TPSA) is 59.3 Å². The van der Waals surface area contributed by atoms with Gasteiger partial charge in [-0.15, -0.1) is 11.8 Å². The zero-order chi connectivity index (χ0) is 16.8. The molecule has 0 fully saturated rings. The van der Waals surface area contributed by atoms with E-state index in [9.17, 15) is 9.59 Å². The second kappa shape index (κ2) is 7.84. The molecule has 4 nitrogen and oxygen atoms in total. The third-order valence-electron chi connectivity index (χ3n) is 3.50. The molecule has 5 heteroatoms. The molecule has 0 aliphatic heterocycles. The fourth-order valence-corrected chi connectivity index (χ4v) is 3.17. The largest absolute Gasteiger partial charge is 0.422 e. The van der Waals surface area contributed by atoms with Gasteiger partial charge in [-0.1, -0.05) is 36.4 Å². The highest BCUT2D eigenvalue weighted by molar-refractivity contribution is 7.99. The van der Waals surface area contributed by atoms with Crippen LogP contribution in [0.3, 0.4) is 0 Å². The van der Waals surface area contributed by atoms with Crippen molar-refractivity contribution in [1.82, 2.24) is 5.32 Å². The lowest BCUT2D eigenvalue weighted by atomic mass is 10.2. The monoisotopic (exact) mass is 339 g/mol. The summed E-state index contributed by atoms with van der Waals surface area (Å²) in [5, 5.41) is 3.52. The van der Waals surface area contributed by atoms with Crippen molar-refractivity contribution < 1.29 is 9.21 Å². The van der Waals surface area contributed by atoms with Crippen LogP contribution in [0.25, 0.3) is 11.0 Å². The normalized spacial score (nSPS) is 10.7. The van der Waals surface area contributed by atoms with Crippen LogP contribution in [0, 0.1) is 0 Å². The molecule has 0 saturated carbocycles. The Hall–Kier alpha value is -2.53. The summed E-state index contributed by atoms with van der Waals surface area (Å²) in [5.74, 6) is 0.510. The van der Waals surface area contributed by atoms with E-state index in [2.05, 4.69) is 17.4 Å². The number of hydrogen-bond donors (Lipinski definition) is 1. The van der Waals surface area contributed by atoms with Gasteiger partial charge in [0.05, 0.1) is 0 Å². The molecule has 24 heavy (non-hydrogen) atoms. The molecule has 0 saturated heterocycles. The summed E-state index contributed by atoms with van der Waals surface area (Å²) in [7, 11) is 0. The van der Waals surface area contributed by atoms with Crippen LogP contribution in [0.1, 0.15) is 16.8 Å². The molecule has 0 radical (unpaired) electrons. The number of nitrogens with one attached hydrogen (secondary N) is 1. The van der Waals surface area contributed by atoms with Crippen LogP contribution in [0.2, 0.25) is 0 Å². The Morgan fingerprint density at radius 2 is 1.79 bits per heavy atom. The van der Waals surface area contributed by atoms with Crippen LogP contribution in [0.4, 0.5) is 0 Å². The quantitative estimate of drug-likeness (QED) is 0.422. The van der Waals surface area contributed by atoms with E-state index < -0.39 is 5.63 Å². The van der Waals surface area contributed by atoms with E-state index in [0.29, 0.717) is 12.1 Å². The van der Waals surface area contributed by atoms with Gasteiger partial charge in [0.2, 0.25) is 0 Å². The first-order valence-electron chi connectivity index (χ1n) is 7.73. The molecule has 0 unspecified atom stereocenters. The van der Waals surface area contributed by atoms with Crippen molar-refractivity contribution in [1.29, 1.82) is 0 Å². The highest BCUT2D eigenvalue weighted by Gasteiger charge is 2.12. The van der Waals surface area contributed by atoms with Crippen molar-refractivity contribution in [2.24, 2.45) is 0 Å². The summed E-state index contributed by atoms with van der Waals surface area (Å²) in [4.78, 5) is 25.3. The Morgan fingerprint density at radius 1 is 1.04 bits per heavy atom. The molecule has 1 aromatic heterocycles. The molecular formula is C19H17NO3S. The van der Waals surface area contributed by atoms with E-state index in [4.69, 9.17) is 4.42 Å². The van der Waals surface area contributed by atoms with Crippen LogP contribution in [-0.2, 0) is 0 Å². The first-order valence-corrected chi connectivity index (χ1v) is 8.71. The number of thioether (sulfide) groups is 1. The van der Waals surface area contributed by atoms with E-state index >= 15 is 0 Å². The maximum atomic E-state index is 12.2. The SMILES string of the molecule is O=C(NCCCSc1ccccc1)c1cc2ccccc2oc1=O.